The van der Waals surface area contributed by atoms with Crippen molar-refractivity contribution in [3.8, 4) is 5.75 Å². The molecule has 0 saturated heterocycles. The number of carbonyl (C=O) groups is 1. The summed E-state index contributed by atoms with van der Waals surface area (Å²) < 4.78 is 5.66. The molecule has 2 aromatic carbocycles. The molecule has 1 heterocycles. The molecular weight excluding hydrogens is 344 g/mol. The molecule has 0 aliphatic rings. The van der Waals surface area contributed by atoms with Crippen LogP contribution < -0.4 is 4.74 Å². The van der Waals surface area contributed by atoms with E-state index in [1.807, 2.05) is 30.3 Å². The summed E-state index contributed by atoms with van der Waals surface area (Å²) in [5.74, 6) is 0.400. The number of rotatable bonds is 7. The van der Waals surface area contributed by atoms with Gasteiger partial charge in [-0.25, -0.2) is 0 Å². The van der Waals surface area contributed by atoms with E-state index in [2.05, 4.69) is 4.98 Å². The average molecular weight is 360 g/mol. The number of nitro groups is 1. The zero-order chi connectivity index (χ0) is 19.1. The molecule has 0 N–H and O–H groups in total. The van der Waals surface area contributed by atoms with Crippen molar-refractivity contribution in [2.75, 3.05) is 0 Å². The van der Waals surface area contributed by atoms with Crippen LogP contribution >= 0.6 is 0 Å². The van der Waals surface area contributed by atoms with Crippen LogP contribution in [0.25, 0.3) is 6.08 Å². The van der Waals surface area contributed by atoms with Gasteiger partial charge in [-0.05, 0) is 35.9 Å². The summed E-state index contributed by atoms with van der Waals surface area (Å²) in [4.78, 5) is 26.6. The first-order valence-electron chi connectivity index (χ1n) is 8.21. The van der Waals surface area contributed by atoms with Gasteiger partial charge in [-0.1, -0.05) is 36.4 Å². The molecule has 134 valence electrons. The van der Waals surface area contributed by atoms with Crippen molar-refractivity contribution in [1.82, 2.24) is 4.98 Å². The summed E-state index contributed by atoms with van der Waals surface area (Å²) in [5.41, 5.74) is 1.82. The number of ether oxygens (including phenoxy) is 1. The lowest BCUT2D eigenvalue weighted by Crippen LogP contribution is -1.97. The van der Waals surface area contributed by atoms with Crippen LogP contribution in [-0.4, -0.2) is 15.7 Å². The summed E-state index contributed by atoms with van der Waals surface area (Å²) in [6.45, 7) is 0.376. The zero-order valence-corrected chi connectivity index (χ0v) is 14.3. The lowest BCUT2D eigenvalue weighted by Gasteiger charge is -2.05. The highest BCUT2D eigenvalue weighted by atomic mass is 16.6. The SMILES string of the molecule is O=C(/C=C/c1ccc(OCc2ccccn2)cc1)c1cccc([N+](=O)[O-])c1. The Hall–Kier alpha value is -3.80. The highest BCUT2D eigenvalue weighted by Crippen LogP contribution is 2.16. The van der Waals surface area contributed by atoms with Crippen molar-refractivity contribution >= 4 is 17.5 Å². The zero-order valence-electron chi connectivity index (χ0n) is 14.3. The number of aromatic nitrogens is 1. The summed E-state index contributed by atoms with van der Waals surface area (Å²) in [6, 6.07) is 18.6. The molecule has 0 aliphatic heterocycles. The van der Waals surface area contributed by atoms with E-state index in [4.69, 9.17) is 4.74 Å². The van der Waals surface area contributed by atoms with Gasteiger partial charge < -0.3 is 4.74 Å². The quantitative estimate of drug-likeness (QED) is 0.269. The van der Waals surface area contributed by atoms with E-state index in [-0.39, 0.29) is 17.0 Å². The Bertz CT molecular complexity index is 967. The van der Waals surface area contributed by atoms with E-state index in [0.29, 0.717) is 12.4 Å². The third-order valence-electron chi connectivity index (χ3n) is 3.76. The van der Waals surface area contributed by atoms with Gasteiger partial charge in [-0.15, -0.1) is 0 Å². The van der Waals surface area contributed by atoms with E-state index < -0.39 is 4.92 Å². The summed E-state index contributed by atoms with van der Waals surface area (Å²) >= 11 is 0. The Kier molecular flexibility index (Phi) is 5.69. The first kappa shape index (κ1) is 18.0. The third kappa shape index (κ3) is 5.09. The van der Waals surface area contributed by atoms with Crippen molar-refractivity contribution in [2.24, 2.45) is 0 Å². The minimum Gasteiger partial charge on any atom is -0.487 e. The Morgan fingerprint density at radius 2 is 1.89 bits per heavy atom. The Morgan fingerprint density at radius 3 is 2.59 bits per heavy atom. The maximum Gasteiger partial charge on any atom is 0.270 e. The van der Waals surface area contributed by atoms with Crippen molar-refractivity contribution in [3.63, 3.8) is 0 Å². The van der Waals surface area contributed by atoms with E-state index in [9.17, 15) is 14.9 Å². The molecule has 0 bridgehead atoms. The van der Waals surface area contributed by atoms with Crippen LogP contribution in [0, 0.1) is 10.1 Å². The Balaban J connectivity index is 1.61. The number of nitro benzene ring substituents is 1. The lowest BCUT2D eigenvalue weighted by molar-refractivity contribution is -0.384. The van der Waals surface area contributed by atoms with Gasteiger partial charge >= 0.3 is 0 Å². The Morgan fingerprint density at radius 1 is 1.07 bits per heavy atom. The maximum atomic E-state index is 12.2. The molecule has 0 atom stereocenters. The van der Waals surface area contributed by atoms with Crippen LogP contribution in [0.15, 0.2) is 79.0 Å². The molecule has 6 nitrogen and oxygen atoms in total. The van der Waals surface area contributed by atoms with Crippen LogP contribution in [0.3, 0.4) is 0 Å². The monoisotopic (exact) mass is 360 g/mol. The predicted octanol–water partition coefficient (Wildman–Crippen LogP) is 4.46. The van der Waals surface area contributed by atoms with E-state index >= 15 is 0 Å². The average Bonchev–Trinajstić information content (AvgIpc) is 2.72. The van der Waals surface area contributed by atoms with Gasteiger partial charge in [-0.2, -0.15) is 0 Å². The fourth-order valence-corrected chi connectivity index (χ4v) is 2.36. The lowest BCUT2D eigenvalue weighted by atomic mass is 10.1. The minimum atomic E-state index is -0.524. The highest BCUT2D eigenvalue weighted by molar-refractivity contribution is 6.07. The van der Waals surface area contributed by atoms with Crippen LogP contribution in [0.4, 0.5) is 5.69 Å². The number of allylic oxidation sites excluding steroid dienone is 1. The van der Waals surface area contributed by atoms with Gasteiger partial charge in [0.05, 0.1) is 10.6 Å². The fraction of sp³-hybridized carbons (Fsp3) is 0.0476. The number of benzene rings is 2. The molecule has 0 unspecified atom stereocenters. The van der Waals surface area contributed by atoms with Crippen LogP contribution in [-0.2, 0) is 6.61 Å². The number of carbonyl (C=O) groups excluding carboxylic acids is 1. The van der Waals surface area contributed by atoms with Crippen molar-refractivity contribution in [3.05, 3.63) is 106 Å². The van der Waals surface area contributed by atoms with Gasteiger partial charge in [-0.3, -0.25) is 19.9 Å². The molecule has 3 rings (SSSR count). The second-order valence-electron chi connectivity index (χ2n) is 5.68. The molecule has 6 heteroatoms. The molecule has 1 aromatic heterocycles. The largest absolute Gasteiger partial charge is 0.487 e. The maximum absolute atomic E-state index is 12.2. The van der Waals surface area contributed by atoms with Gasteiger partial charge in [0.25, 0.3) is 5.69 Å². The minimum absolute atomic E-state index is 0.108. The fourth-order valence-electron chi connectivity index (χ4n) is 2.36. The number of non-ortho nitro benzene ring substituents is 1. The topological polar surface area (TPSA) is 82.3 Å². The molecular formula is C21H16N2O4. The standard InChI is InChI=1S/C21H16N2O4/c24-21(17-4-3-6-19(14-17)23(25)26)12-9-16-7-10-20(11-8-16)27-15-18-5-1-2-13-22-18/h1-14H,15H2/b12-9+. The molecule has 0 spiro atoms. The number of pyridine rings is 1. The number of nitrogens with zero attached hydrogens (tertiary/aromatic N) is 2. The van der Waals surface area contributed by atoms with E-state index in [1.54, 1.807) is 30.5 Å². The molecule has 0 radical (unpaired) electrons. The predicted molar refractivity (Wildman–Crippen MR) is 101 cm³/mol. The first-order valence-corrected chi connectivity index (χ1v) is 8.21. The molecule has 0 saturated carbocycles. The van der Waals surface area contributed by atoms with Crippen LogP contribution in [0.5, 0.6) is 5.75 Å². The summed E-state index contributed by atoms with van der Waals surface area (Å²) in [5, 5.41) is 10.8. The molecule has 27 heavy (non-hydrogen) atoms. The second kappa shape index (κ2) is 8.53. The van der Waals surface area contributed by atoms with Gasteiger partial charge in [0.2, 0.25) is 0 Å². The molecule has 0 amide bonds. The second-order valence-corrected chi connectivity index (χ2v) is 5.68. The molecule has 3 aromatic rings. The number of hydrogen-bond acceptors (Lipinski definition) is 5. The number of hydrogen-bond donors (Lipinski definition) is 0. The Labute approximate surface area is 155 Å². The van der Waals surface area contributed by atoms with Gasteiger partial charge in [0.15, 0.2) is 5.78 Å². The number of ketones is 1. The summed E-state index contributed by atoms with van der Waals surface area (Å²) in [6.07, 6.45) is 4.76. The molecule has 0 aliphatic carbocycles. The first-order chi connectivity index (χ1) is 13.1. The van der Waals surface area contributed by atoms with Crippen LogP contribution in [0.1, 0.15) is 21.6 Å². The van der Waals surface area contributed by atoms with Gasteiger partial charge in [0.1, 0.15) is 12.4 Å². The molecule has 0 fully saturated rings. The summed E-state index contributed by atoms with van der Waals surface area (Å²) in [7, 11) is 0. The van der Waals surface area contributed by atoms with Crippen molar-refractivity contribution < 1.29 is 14.5 Å². The van der Waals surface area contributed by atoms with E-state index in [0.717, 1.165) is 11.3 Å². The van der Waals surface area contributed by atoms with Crippen LogP contribution in [0.2, 0.25) is 0 Å². The normalized spacial score (nSPS) is 10.7. The van der Waals surface area contributed by atoms with Crippen molar-refractivity contribution in [1.29, 1.82) is 0 Å². The van der Waals surface area contributed by atoms with Gasteiger partial charge in [0, 0.05) is 23.9 Å². The highest BCUT2D eigenvalue weighted by Gasteiger charge is 2.09. The smallest absolute Gasteiger partial charge is 0.270 e. The van der Waals surface area contributed by atoms with Crippen molar-refractivity contribution in [2.45, 2.75) is 6.61 Å². The third-order valence-corrected chi connectivity index (χ3v) is 3.76. The van der Waals surface area contributed by atoms with E-state index in [1.165, 1.54) is 24.3 Å².